The summed E-state index contributed by atoms with van der Waals surface area (Å²) in [5.74, 6) is 1.19. The van der Waals surface area contributed by atoms with E-state index in [9.17, 15) is 5.11 Å². The largest absolute Gasteiger partial charge is 0.389 e. The Morgan fingerprint density at radius 3 is 2.85 bits per heavy atom. The van der Waals surface area contributed by atoms with Gasteiger partial charge in [-0.3, -0.25) is 0 Å². The fourth-order valence-corrected chi connectivity index (χ4v) is 4.00. The average molecular weight is 304 g/mol. The van der Waals surface area contributed by atoms with E-state index < -0.39 is 0 Å². The molecule has 1 aliphatic rings. The zero-order valence-corrected chi connectivity index (χ0v) is 14.1. The van der Waals surface area contributed by atoms with Crippen molar-refractivity contribution < 1.29 is 9.84 Å². The number of rotatable bonds is 12. The molecule has 20 heavy (non-hydrogen) atoms. The molecule has 1 fully saturated rings. The molecule has 0 aromatic rings. The maximum atomic E-state index is 9.93. The van der Waals surface area contributed by atoms with Crippen LogP contribution in [0.25, 0.3) is 0 Å². The fourth-order valence-electron chi connectivity index (χ4n) is 2.77. The standard InChI is InChI=1S/C16H33NO2S/c1-3-5-6-7-11-19-13-14(18)12-17-15-9-8-10-16(15)20-4-2/h14-18H,3-13H2,1-2H3. The van der Waals surface area contributed by atoms with E-state index in [1.54, 1.807) is 0 Å². The zero-order chi connectivity index (χ0) is 14.6. The van der Waals surface area contributed by atoms with Crippen LogP contribution in [0.15, 0.2) is 0 Å². The van der Waals surface area contributed by atoms with Gasteiger partial charge in [0.15, 0.2) is 0 Å². The first-order chi connectivity index (χ1) is 9.77. The van der Waals surface area contributed by atoms with Crippen molar-refractivity contribution >= 4 is 11.8 Å². The predicted octanol–water partition coefficient (Wildman–Crippen LogP) is 3.21. The maximum Gasteiger partial charge on any atom is 0.0897 e. The predicted molar refractivity (Wildman–Crippen MR) is 88.5 cm³/mol. The van der Waals surface area contributed by atoms with Crippen molar-refractivity contribution in [2.75, 3.05) is 25.5 Å². The molecule has 0 heterocycles. The number of ether oxygens (including phenoxy) is 1. The van der Waals surface area contributed by atoms with Gasteiger partial charge in [0.2, 0.25) is 0 Å². The Balaban J connectivity index is 2.00. The van der Waals surface area contributed by atoms with Gasteiger partial charge in [-0.05, 0) is 25.0 Å². The summed E-state index contributed by atoms with van der Waals surface area (Å²) < 4.78 is 5.54. The Labute approximate surface area is 129 Å². The Kier molecular flexibility index (Phi) is 10.8. The second kappa shape index (κ2) is 11.8. The highest BCUT2D eigenvalue weighted by molar-refractivity contribution is 7.99. The van der Waals surface area contributed by atoms with Crippen LogP contribution in [0.1, 0.15) is 58.8 Å². The van der Waals surface area contributed by atoms with Gasteiger partial charge < -0.3 is 15.2 Å². The molecule has 4 heteroatoms. The Morgan fingerprint density at radius 1 is 1.25 bits per heavy atom. The van der Waals surface area contributed by atoms with Crippen LogP contribution < -0.4 is 5.32 Å². The van der Waals surface area contributed by atoms with E-state index in [-0.39, 0.29) is 6.10 Å². The van der Waals surface area contributed by atoms with E-state index in [0.29, 0.717) is 19.2 Å². The normalized spacial score (nSPS) is 24.1. The van der Waals surface area contributed by atoms with Crippen LogP contribution in [0.4, 0.5) is 0 Å². The molecule has 0 aromatic heterocycles. The van der Waals surface area contributed by atoms with Crippen LogP contribution in [0.3, 0.4) is 0 Å². The van der Waals surface area contributed by atoms with Crippen LogP contribution in [-0.4, -0.2) is 48.0 Å². The lowest BCUT2D eigenvalue weighted by Crippen LogP contribution is -2.40. The molecule has 1 saturated carbocycles. The highest BCUT2D eigenvalue weighted by atomic mass is 32.2. The van der Waals surface area contributed by atoms with Crippen molar-refractivity contribution in [1.29, 1.82) is 0 Å². The molecule has 0 saturated heterocycles. The molecule has 120 valence electrons. The summed E-state index contributed by atoms with van der Waals surface area (Å²) in [5.41, 5.74) is 0. The quantitative estimate of drug-likeness (QED) is 0.543. The van der Waals surface area contributed by atoms with Crippen LogP contribution in [0.5, 0.6) is 0 Å². The fraction of sp³-hybridized carbons (Fsp3) is 1.00. The van der Waals surface area contributed by atoms with E-state index in [2.05, 4.69) is 30.9 Å². The summed E-state index contributed by atoms with van der Waals surface area (Å²) >= 11 is 2.05. The summed E-state index contributed by atoms with van der Waals surface area (Å²) in [6.07, 6.45) is 8.42. The summed E-state index contributed by atoms with van der Waals surface area (Å²) in [4.78, 5) is 0. The molecule has 1 aliphatic carbocycles. The third-order valence-corrected chi connectivity index (χ3v) is 5.23. The van der Waals surface area contributed by atoms with E-state index in [1.165, 1.54) is 44.3 Å². The molecule has 3 atom stereocenters. The van der Waals surface area contributed by atoms with E-state index in [1.807, 2.05) is 0 Å². The van der Waals surface area contributed by atoms with Crippen molar-refractivity contribution in [2.24, 2.45) is 0 Å². The minimum absolute atomic E-state index is 0.367. The van der Waals surface area contributed by atoms with E-state index in [0.717, 1.165) is 18.3 Å². The Morgan fingerprint density at radius 2 is 2.10 bits per heavy atom. The molecule has 3 nitrogen and oxygen atoms in total. The van der Waals surface area contributed by atoms with Crippen molar-refractivity contribution in [1.82, 2.24) is 5.32 Å². The van der Waals surface area contributed by atoms with Crippen LogP contribution in [-0.2, 0) is 4.74 Å². The van der Waals surface area contributed by atoms with Crippen molar-refractivity contribution in [3.63, 3.8) is 0 Å². The summed E-state index contributed by atoms with van der Waals surface area (Å²) in [6.45, 7) is 6.36. The topological polar surface area (TPSA) is 41.5 Å². The van der Waals surface area contributed by atoms with Crippen molar-refractivity contribution in [2.45, 2.75) is 76.2 Å². The summed E-state index contributed by atoms with van der Waals surface area (Å²) in [5, 5.41) is 14.2. The number of aliphatic hydroxyl groups excluding tert-OH is 1. The lowest BCUT2D eigenvalue weighted by Gasteiger charge is -2.22. The third kappa shape index (κ3) is 7.87. The van der Waals surface area contributed by atoms with Crippen molar-refractivity contribution in [3.05, 3.63) is 0 Å². The minimum atomic E-state index is -0.367. The van der Waals surface area contributed by atoms with Gasteiger partial charge >= 0.3 is 0 Å². The molecule has 0 bridgehead atoms. The number of unbranched alkanes of at least 4 members (excludes halogenated alkanes) is 3. The second-order valence-corrected chi connectivity index (χ2v) is 7.25. The number of nitrogens with one attached hydrogen (secondary N) is 1. The van der Waals surface area contributed by atoms with Gasteiger partial charge in [0, 0.05) is 24.4 Å². The van der Waals surface area contributed by atoms with E-state index >= 15 is 0 Å². The maximum absolute atomic E-state index is 9.93. The average Bonchev–Trinajstić information content (AvgIpc) is 2.88. The monoisotopic (exact) mass is 303 g/mol. The smallest absolute Gasteiger partial charge is 0.0897 e. The lowest BCUT2D eigenvalue weighted by atomic mass is 10.2. The summed E-state index contributed by atoms with van der Waals surface area (Å²) in [7, 11) is 0. The van der Waals surface area contributed by atoms with Gasteiger partial charge in [-0.15, -0.1) is 0 Å². The van der Waals surface area contributed by atoms with Gasteiger partial charge in [-0.2, -0.15) is 11.8 Å². The molecular formula is C16H33NO2S. The number of hydrogen-bond acceptors (Lipinski definition) is 4. The Hall–Kier alpha value is 0.230. The molecule has 1 rings (SSSR count). The minimum Gasteiger partial charge on any atom is -0.389 e. The first kappa shape index (κ1) is 18.3. The van der Waals surface area contributed by atoms with Crippen LogP contribution in [0.2, 0.25) is 0 Å². The van der Waals surface area contributed by atoms with E-state index in [4.69, 9.17) is 4.74 Å². The molecule has 0 aromatic carbocycles. The third-order valence-electron chi connectivity index (χ3n) is 3.90. The Bertz CT molecular complexity index is 229. The number of hydrogen-bond donors (Lipinski definition) is 2. The van der Waals surface area contributed by atoms with Crippen molar-refractivity contribution in [3.8, 4) is 0 Å². The molecule has 0 amide bonds. The molecule has 2 N–H and O–H groups in total. The van der Waals surface area contributed by atoms with Gasteiger partial charge in [-0.25, -0.2) is 0 Å². The van der Waals surface area contributed by atoms with Gasteiger partial charge in [0.05, 0.1) is 12.7 Å². The SMILES string of the molecule is CCCCCCOCC(O)CNC1CCCC1SCC. The highest BCUT2D eigenvalue weighted by Crippen LogP contribution is 2.29. The number of thioether (sulfide) groups is 1. The first-order valence-electron chi connectivity index (χ1n) is 8.38. The number of aliphatic hydroxyl groups is 1. The van der Waals surface area contributed by atoms with Crippen LogP contribution in [0, 0.1) is 0 Å². The van der Waals surface area contributed by atoms with Gasteiger partial charge in [0.25, 0.3) is 0 Å². The first-order valence-corrected chi connectivity index (χ1v) is 9.43. The zero-order valence-electron chi connectivity index (χ0n) is 13.3. The molecule has 0 aliphatic heterocycles. The van der Waals surface area contributed by atoms with Crippen LogP contribution >= 0.6 is 11.8 Å². The van der Waals surface area contributed by atoms with Gasteiger partial charge in [0.1, 0.15) is 0 Å². The lowest BCUT2D eigenvalue weighted by molar-refractivity contribution is 0.0343. The summed E-state index contributed by atoms with van der Waals surface area (Å²) in [6, 6.07) is 0.583. The second-order valence-electron chi connectivity index (χ2n) is 5.73. The molecule has 0 spiro atoms. The molecule has 0 radical (unpaired) electrons. The van der Waals surface area contributed by atoms with Gasteiger partial charge in [-0.1, -0.05) is 39.5 Å². The highest BCUT2D eigenvalue weighted by Gasteiger charge is 2.26. The molecular weight excluding hydrogens is 270 g/mol. The molecule has 3 unspecified atom stereocenters.